The number of aromatic hydroxyl groups is 1. The Morgan fingerprint density at radius 3 is 2.46 bits per heavy atom. The molecule has 0 heterocycles. The van der Waals surface area contributed by atoms with Crippen LogP contribution in [0.25, 0.3) is 10.8 Å². The lowest BCUT2D eigenvalue weighted by atomic mass is 10.0. The largest absolute Gasteiger partial charge is 0.505 e. The molecule has 0 saturated heterocycles. The molecule has 0 bridgehead atoms. The third-order valence-corrected chi connectivity index (χ3v) is 5.87. The van der Waals surface area contributed by atoms with Crippen molar-refractivity contribution in [2.45, 2.75) is 19.1 Å². The number of carbonyl (C=O) groups is 2. The molecule has 4 aromatic carbocycles. The second-order valence-corrected chi connectivity index (χ2v) is 8.54. The summed E-state index contributed by atoms with van der Waals surface area (Å²) < 4.78 is 25.8. The lowest BCUT2D eigenvalue weighted by Crippen LogP contribution is -2.28. The Bertz CT molecular complexity index is 1500. The van der Waals surface area contributed by atoms with Crippen LogP contribution in [0.2, 0.25) is 0 Å². The Hall–Kier alpha value is -4.89. The van der Waals surface area contributed by atoms with Crippen LogP contribution in [0.1, 0.15) is 18.6 Å². The number of para-hydroxylation sites is 2. The standard InChI is InChI=1S/C30H28FN3O5/c1-2-38-27(16-17-28(36)33-25-12-6-5-11-23(25)32)29(20-14-15-26(35)22(31)18-20)39-30(37)34-24-13-7-9-19-8-3-4-10-21(19)24/h3-18,27,29,35H,2,32H2,1H3,(H,33,36)(H,34,37)/b17-16+/t27-,29-/m0/s1. The molecule has 39 heavy (non-hydrogen) atoms. The van der Waals surface area contributed by atoms with E-state index in [9.17, 15) is 19.1 Å². The second-order valence-electron chi connectivity index (χ2n) is 8.54. The lowest BCUT2D eigenvalue weighted by Gasteiger charge is -2.25. The van der Waals surface area contributed by atoms with Crippen LogP contribution < -0.4 is 16.4 Å². The van der Waals surface area contributed by atoms with Gasteiger partial charge in [-0.2, -0.15) is 0 Å². The van der Waals surface area contributed by atoms with Crippen LogP contribution in [-0.4, -0.2) is 29.8 Å². The van der Waals surface area contributed by atoms with Crippen molar-refractivity contribution in [2.75, 3.05) is 23.0 Å². The van der Waals surface area contributed by atoms with Gasteiger partial charge in [-0.15, -0.1) is 0 Å². The minimum absolute atomic E-state index is 0.202. The van der Waals surface area contributed by atoms with E-state index in [-0.39, 0.29) is 12.2 Å². The molecule has 0 fully saturated rings. The molecule has 8 nitrogen and oxygen atoms in total. The third kappa shape index (κ3) is 6.91. The Labute approximate surface area is 224 Å². The SMILES string of the molecule is CCO[C@@H](/C=C/C(=O)Nc1ccccc1N)[C@@H](OC(=O)Nc1cccc2ccccc12)c1ccc(O)c(F)c1. The van der Waals surface area contributed by atoms with E-state index in [0.29, 0.717) is 17.1 Å². The van der Waals surface area contributed by atoms with Gasteiger partial charge in [0, 0.05) is 18.1 Å². The smallest absolute Gasteiger partial charge is 0.412 e. The maximum Gasteiger partial charge on any atom is 0.412 e. The summed E-state index contributed by atoms with van der Waals surface area (Å²) in [5, 5.41) is 16.8. The highest BCUT2D eigenvalue weighted by atomic mass is 19.1. The Balaban J connectivity index is 1.60. The van der Waals surface area contributed by atoms with Crippen LogP contribution in [0.5, 0.6) is 5.75 Å². The van der Waals surface area contributed by atoms with Crippen molar-refractivity contribution in [3.8, 4) is 5.75 Å². The summed E-state index contributed by atoms with van der Waals surface area (Å²) in [6, 6.07) is 23.4. The van der Waals surface area contributed by atoms with Gasteiger partial charge in [0.2, 0.25) is 5.91 Å². The van der Waals surface area contributed by atoms with Crippen LogP contribution in [0, 0.1) is 5.82 Å². The highest BCUT2D eigenvalue weighted by Gasteiger charge is 2.27. The molecule has 0 aliphatic carbocycles. The second kappa shape index (κ2) is 12.6. The van der Waals surface area contributed by atoms with Gasteiger partial charge in [-0.3, -0.25) is 10.1 Å². The van der Waals surface area contributed by atoms with Crippen molar-refractivity contribution in [3.05, 3.63) is 108 Å². The fourth-order valence-corrected chi connectivity index (χ4v) is 4.02. The maximum absolute atomic E-state index is 14.3. The zero-order chi connectivity index (χ0) is 27.8. The lowest BCUT2D eigenvalue weighted by molar-refractivity contribution is -0.112. The number of hydrogen-bond donors (Lipinski definition) is 4. The molecule has 9 heteroatoms. The number of nitrogens with two attached hydrogens (primary N) is 1. The van der Waals surface area contributed by atoms with Crippen LogP contribution >= 0.6 is 0 Å². The van der Waals surface area contributed by atoms with Gasteiger partial charge in [0.15, 0.2) is 17.7 Å². The summed E-state index contributed by atoms with van der Waals surface area (Å²) in [6.07, 6.45) is -0.317. The summed E-state index contributed by atoms with van der Waals surface area (Å²) in [4.78, 5) is 25.7. The van der Waals surface area contributed by atoms with Crippen LogP contribution in [0.3, 0.4) is 0 Å². The van der Waals surface area contributed by atoms with E-state index in [0.717, 1.165) is 22.9 Å². The fraction of sp³-hybridized carbons (Fsp3) is 0.133. The molecule has 4 aromatic rings. The normalized spacial score (nSPS) is 12.7. The number of nitrogens with one attached hydrogen (secondary N) is 2. The zero-order valence-electron chi connectivity index (χ0n) is 21.1. The van der Waals surface area contributed by atoms with Gasteiger partial charge in [-0.25, -0.2) is 9.18 Å². The first-order chi connectivity index (χ1) is 18.9. The van der Waals surface area contributed by atoms with E-state index in [1.54, 1.807) is 43.3 Å². The molecule has 0 radical (unpaired) electrons. The van der Waals surface area contributed by atoms with Gasteiger partial charge in [0.05, 0.1) is 17.1 Å². The summed E-state index contributed by atoms with van der Waals surface area (Å²) in [5.74, 6) is -1.94. The van der Waals surface area contributed by atoms with E-state index < -0.39 is 35.8 Å². The molecule has 0 aliphatic heterocycles. The summed E-state index contributed by atoms with van der Waals surface area (Å²) in [7, 11) is 0. The summed E-state index contributed by atoms with van der Waals surface area (Å²) in [5.41, 5.74) is 7.46. The third-order valence-electron chi connectivity index (χ3n) is 5.87. The quantitative estimate of drug-likeness (QED) is 0.152. The Kier molecular flexibility index (Phi) is 8.75. The van der Waals surface area contributed by atoms with Crippen molar-refractivity contribution < 1.29 is 28.6 Å². The van der Waals surface area contributed by atoms with Crippen LogP contribution in [0.15, 0.2) is 97.1 Å². The Morgan fingerprint density at radius 2 is 1.69 bits per heavy atom. The molecule has 0 aromatic heterocycles. The average molecular weight is 530 g/mol. The number of ether oxygens (including phenoxy) is 2. The van der Waals surface area contributed by atoms with Crippen LogP contribution in [0.4, 0.5) is 26.2 Å². The predicted molar refractivity (Wildman–Crippen MR) is 149 cm³/mol. The number of nitrogen functional groups attached to an aromatic ring is 1. The first-order valence-corrected chi connectivity index (χ1v) is 12.2. The fourth-order valence-electron chi connectivity index (χ4n) is 4.02. The van der Waals surface area contributed by atoms with Gasteiger partial charge in [-0.05, 0) is 54.3 Å². The minimum Gasteiger partial charge on any atom is -0.505 e. The highest BCUT2D eigenvalue weighted by molar-refractivity contribution is 6.01. The number of fused-ring (bicyclic) bond motifs is 1. The summed E-state index contributed by atoms with van der Waals surface area (Å²) >= 11 is 0. The maximum atomic E-state index is 14.3. The van der Waals surface area contributed by atoms with E-state index in [1.807, 2.05) is 30.3 Å². The average Bonchev–Trinajstić information content (AvgIpc) is 2.93. The monoisotopic (exact) mass is 529 g/mol. The number of benzene rings is 4. The van der Waals surface area contributed by atoms with Gasteiger partial charge >= 0.3 is 6.09 Å². The number of amides is 2. The van der Waals surface area contributed by atoms with E-state index in [4.69, 9.17) is 15.2 Å². The molecule has 0 saturated carbocycles. The Morgan fingerprint density at radius 1 is 0.974 bits per heavy atom. The van der Waals surface area contributed by atoms with E-state index in [1.165, 1.54) is 18.2 Å². The molecule has 4 rings (SSSR count). The molecular weight excluding hydrogens is 501 g/mol. The molecule has 2 amide bonds. The van der Waals surface area contributed by atoms with Crippen molar-refractivity contribution in [2.24, 2.45) is 0 Å². The first-order valence-electron chi connectivity index (χ1n) is 12.2. The predicted octanol–water partition coefficient (Wildman–Crippen LogP) is 6.16. The topological polar surface area (TPSA) is 123 Å². The van der Waals surface area contributed by atoms with Crippen molar-refractivity contribution in [1.82, 2.24) is 0 Å². The summed E-state index contributed by atoms with van der Waals surface area (Å²) in [6.45, 7) is 1.93. The molecule has 5 N–H and O–H groups in total. The number of hydrogen-bond acceptors (Lipinski definition) is 6. The van der Waals surface area contributed by atoms with Gasteiger partial charge in [0.1, 0.15) is 6.10 Å². The van der Waals surface area contributed by atoms with Crippen molar-refractivity contribution >= 4 is 39.8 Å². The number of rotatable bonds is 9. The van der Waals surface area contributed by atoms with Gasteiger partial charge in [0.25, 0.3) is 0 Å². The number of phenolic OH excluding ortho intramolecular Hbond substituents is 1. The molecule has 200 valence electrons. The van der Waals surface area contributed by atoms with E-state index >= 15 is 0 Å². The van der Waals surface area contributed by atoms with Crippen molar-refractivity contribution in [1.29, 1.82) is 0 Å². The first kappa shape index (κ1) is 27.2. The number of anilines is 3. The van der Waals surface area contributed by atoms with Crippen molar-refractivity contribution in [3.63, 3.8) is 0 Å². The molecular formula is C30H28FN3O5. The molecule has 0 aliphatic rings. The molecule has 2 atom stereocenters. The highest BCUT2D eigenvalue weighted by Crippen LogP contribution is 2.30. The van der Waals surface area contributed by atoms with E-state index in [2.05, 4.69) is 10.6 Å². The minimum atomic E-state index is -1.17. The van der Waals surface area contributed by atoms with Crippen LogP contribution in [-0.2, 0) is 14.3 Å². The number of phenols is 1. The number of carbonyl (C=O) groups excluding carboxylic acids is 2. The zero-order valence-corrected chi connectivity index (χ0v) is 21.1. The molecule has 0 unspecified atom stereocenters. The van der Waals surface area contributed by atoms with Gasteiger partial charge in [-0.1, -0.05) is 54.6 Å². The molecule has 0 spiro atoms. The number of halogens is 1. The van der Waals surface area contributed by atoms with Gasteiger partial charge < -0.3 is 25.6 Å².